The fourth-order valence-corrected chi connectivity index (χ4v) is 1.36. The van der Waals surface area contributed by atoms with Crippen LogP contribution in [0.15, 0.2) is 0 Å². The molecule has 0 aromatic carbocycles. The molecule has 1 fully saturated rings. The average Bonchev–Trinajstić information content (AvgIpc) is 2.25. The molecular weight excluding hydrogens is 182 g/mol. The molecule has 0 aliphatic carbocycles. The van der Waals surface area contributed by atoms with E-state index >= 15 is 0 Å². The van der Waals surface area contributed by atoms with Crippen LogP contribution in [0.1, 0.15) is 19.3 Å². The number of carbonyl (C=O) groups is 1. The maximum Gasteiger partial charge on any atom is 0.411 e. The monoisotopic (exact) mass is 197 g/mol. The van der Waals surface area contributed by atoms with Crippen LogP contribution in [0.25, 0.3) is 0 Å². The Balaban J connectivity index is 2.11. The maximum atomic E-state index is 11.3. The summed E-state index contributed by atoms with van der Waals surface area (Å²) >= 11 is 0. The minimum absolute atomic E-state index is 0.0560. The molecule has 0 N–H and O–H groups in total. The van der Waals surface area contributed by atoms with Gasteiger partial charge in [0.05, 0.1) is 0 Å². The van der Waals surface area contributed by atoms with E-state index in [1.165, 1.54) is 6.42 Å². The van der Waals surface area contributed by atoms with Crippen LogP contribution in [-0.4, -0.2) is 37.5 Å². The molecule has 0 aromatic rings. The van der Waals surface area contributed by atoms with E-state index in [1.54, 1.807) is 4.90 Å². The third-order valence-electron chi connectivity index (χ3n) is 2.07. The lowest BCUT2D eigenvalue weighted by Gasteiger charge is -2.25. The van der Waals surface area contributed by atoms with Gasteiger partial charge in [0.2, 0.25) is 0 Å². The Morgan fingerprint density at radius 2 is 2.07 bits per heavy atom. The normalized spacial score (nSPS) is 16.1. The van der Waals surface area contributed by atoms with Crippen LogP contribution >= 0.6 is 0 Å². The molecule has 1 rings (SSSR count). The molecule has 0 radical (unpaired) electrons. The summed E-state index contributed by atoms with van der Waals surface area (Å²) in [5, 5.41) is 0. The Labute approximate surface area is 84.2 Å². The second kappa shape index (κ2) is 6.28. The summed E-state index contributed by atoms with van der Waals surface area (Å²) < 4.78 is 9.69. The van der Waals surface area contributed by atoms with Gasteiger partial charge in [0.15, 0.2) is 6.79 Å². The van der Waals surface area contributed by atoms with E-state index in [2.05, 4.69) is 5.92 Å². The van der Waals surface area contributed by atoms with Crippen molar-refractivity contribution in [2.75, 3.05) is 26.5 Å². The van der Waals surface area contributed by atoms with E-state index in [-0.39, 0.29) is 19.5 Å². The molecule has 0 unspecified atom stereocenters. The number of hydrogen-bond acceptors (Lipinski definition) is 3. The first-order valence-electron chi connectivity index (χ1n) is 4.77. The third kappa shape index (κ3) is 3.67. The van der Waals surface area contributed by atoms with E-state index in [0.29, 0.717) is 0 Å². The maximum absolute atomic E-state index is 11.3. The topological polar surface area (TPSA) is 38.8 Å². The van der Waals surface area contributed by atoms with Gasteiger partial charge in [-0.2, -0.15) is 0 Å². The second-order valence-electron chi connectivity index (χ2n) is 3.13. The Hall–Kier alpha value is -1.21. The van der Waals surface area contributed by atoms with Gasteiger partial charge in [0.25, 0.3) is 0 Å². The minimum atomic E-state index is -0.304. The highest BCUT2D eigenvalue weighted by molar-refractivity contribution is 5.67. The Morgan fingerprint density at radius 3 is 2.71 bits per heavy atom. The Morgan fingerprint density at radius 1 is 1.36 bits per heavy atom. The summed E-state index contributed by atoms with van der Waals surface area (Å²) in [5.41, 5.74) is 0. The van der Waals surface area contributed by atoms with Gasteiger partial charge in [0, 0.05) is 13.1 Å². The van der Waals surface area contributed by atoms with Gasteiger partial charge >= 0.3 is 6.09 Å². The number of piperidine rings is 1. The van der Waals surface area contributed by atoms with Gasteiger partial charge in [-0.25, -0.2) is 4.79 Å². The van der Waals surface area contributed by atoms with Crippen molar-refractivity contribution in [2.24, 2.45) is 0 Å². The average molecular weight is 197 g/mol. The molecule has 1 saturated heterocycles. The highest BCUT2D eigenvalue weighted by Crippen LogP contribution is 2.09. The predicted octanol–water partition coefficient (Wildman–Crippen LogP) is 1.22. The number of carbonyl (C=O) groups excluding carboxylic acids is 1. The number of hydrogen-bond donors (Lipinski definition) is 0. The van der Waals surface area contributed by atoms with Crippen molar-refractivity contribution in [2.45, 2.75) is 19.3 Å². The first kappa shape index (κ1) is 10.9. The zero-order valence-corrected chi connectivity index (χ0v) is 8.20. The highest BCUT2D eigenvalue weighted by atomic mass is 16.7. The summed E-state index contributed by atoms with van der Waals surface area (Å²) in [5.74, 6) is 2.29. The SMILES string of the molecule is C#CCOCOC(=O)N1CCCCC1. The van der Waals surface area contributed by atoms with Crippen molar-refractivity contribution in [3.63, 3.8) is 0 Å². The second-order valence-corrected chi connectivity index (χ2v) is 3.13. The lowest BCUT2D eigenvalue weighted by molar-refractivity contribution is -0.0174. The predicted molar refractivity (Wildman–Crippen MR) is 51.6 cm³/mol. The van der Waals surface area contributed by atoms with E-state index < -0.39 is 0 Å². The molecule has 0 saturated carbocycles. The summed E-state index contributed by atoms with van der Waals surface area (Å²) in [6, 6.07) is 0. The largest absolute Gasteiger partial charge is 0.422 e. The van der Waals surface area contributed by atoms with Crippen molar-refractivity contribution in [1.29, 1.82) is 0 Å². The van der Waals surface area contributed by atoms with Gasteiger partial charge in [0.1, 0.15) is 6.61 Å². The number of rotatable bonds is 3. The Bertz CT molecular complexity index is 216. The van der Waals surface area contributed by atoms with Gasteiger partial charge < -0.3 is 14.4 Å². The molecule has 1 aliphatic rings. The van der Waals surface area contributed by atoms with Crippen LogP contribution in [0, 0.1) is 12.3 Å². The summed E-state index contributed by atoms with van der Waals surface area (Å²) in [4.78, 5) is 13.0. The van der Waals surface area contributed by atoms with Crippen molar-refractivity contribution in [1.82, 2.24) is 4.90 Å². The van der Waals surface area contributed by atoms with Crippen LogP contribution in [0.4, 0.5) is 4.79 Å². The highest BCUT2D eigenvalue weighted by Gasteiger charge is 2.17. The first-order chi connectivity index (χ1) is 6.84. The molecule has 14 heavy (non-hydrogen) atoms. The quantitative estimate of drug-likeness (QED) is 0.388. The molecule has 1 amide bonds. The zero-order valence-electron chi connectivity index (χ0n) is 8.20. The fourth-order valence-electron chi connectivity index (χ4n) is 1.36. The van der Waals surface area contributed by atoms with Gasteiger partial charge in [-0.3, -0.25) is 0 Å². The molecular formula is C10H15NO3. The minimum Gasteiger partial charge on any atom is -0.422 e. The van der Waals surface area contributed by atoms with Crippen molar-refractivity contribution >= 4 is 6.09 Å². The lowest BCUT2D eigenvalue weighted by atomic mass is 10.1. The van der Waals surface area contributed by atoms with Crippen LogP contribution in [-0.2, 0) is 9.47 Å². The molecule has 1 aliphatic heterocycles. The zero-order chi connectivity index (χ0) is 10.2. The molecule has 1 heterocycles. The van der Waals surface area contributed by atoms with E-state index in [4.69, 9.17) is 15.9 Å². The van der Waals surface area contributed by atoms with E-state index in [9.17, 15) is 4.79 Å². The van der Waals surface area contributed by atoms with Gasteiger partial charge in [-0.15, -0.1) is 6.42 Å². The summed E-state index contributed by atoms with van der Waals surface area (Å²) in [6.45, 7) is 1.69. The van der Waals surface area contributed by atoms with Crippen molar-refractivity contribution < 1.29 is 14.3 Å². The third-order valence-corrected chi connectivity index (χ3v) is 2.07. The number of ether oxygens (including phenoxy) is 2. The van der Waals surface area contributed by atoms with Crippen LogP contribution in [0.5, 0.6) is 0 Å². The van der Waals surface area contributed by atoms with Crippen molar-refractivity contribution in [3.05, 3.63) is 0 Å². The summed E-state index contributed by atoms with van der Waals surface area (Å²) in [6.07, 6.45) is 7.96. The van der Waals surface area contributed by atoms with Crippen molar-refractivity contribution in [3.8, 4) is 12.3 Å². The number of nitrogens with zero attached hydrogens (tertiary/aromatic N) is 1. The number of terminal acetylenes is 1. The standard InChI is InChI=1S/C10H15NO3/c1-2-8-13-9-14-10(12)11-6-4-3-5-7-11/h1H,3-9H2. The van der Waals surface area contributed by atoms with Crippen LogP contribution in [0.2, 0.25) is 0 Å². The van der Waals surface area contributed by atoms with E-state index in [0.717, 1.165) is 25.9 Å². The van der Waals surface area contributed by atoms with Gasteiger partial charge in [-0.05, 0) is 19.3 Å². The van der Waals surface area contributed by atoms with Crippen LogP contribution < -0.4 is 0 Å². The number of amides is 1. The molecule has 4 heteroatoms. The first-order valence-corrected chi connectivity index (χ1v) is 4.77. The van der Waals surface area contributed by atoms with Gasteiger partial charge in [-0.1, -0.05) is 5.92 Å². The summed E-state index contributed by atoms with van der Waals surface area (Å²) in [7, 11) is 0. The van der Waals surface area contributed by atoms with E-state index in [1.807, 2.05) is 0 Å². The molecule has 78 valence electrons. The Kier molecular flexibility index (Phi) is 4.87. The molecule has 0 atom stereocenters. The lowest BCUT2D eigenvalue weighted by Crippen LogP contribution is -2.36. The smallest absolute Gasteiger partial charge is 0.411 e. The molecule has 0 spiro atoms. The molecule has 0 bridgehead atoms. The number of likely N-dealkylation sites (tertiary alicyclic amines) is 1. The molecule has 0 aromatic heterocycles. The molecule has 4 nitrogen and oxygen atoms in total. The van der Waals surface area contributed by atoms with Crippen LogP contribution in [0.3, 0.4) is 0 Å². The fraction of sp³-hybridized carbons (Fsp3) is 0.700.